The van der Waals surface area contributed by atoms with Gasteiger partial charge in [-0.25, -0.2) is 4.39 Å². The molecule has 6 heteroatoms. The van der Waals surface area contributed by atoms with E-state index in [9.17, 15) is 9.18 Å². The number of hydrogen-bond acceptors (Lipinski definition) is 4. The van der Waals surface area contributed by atoms with Crippen LogP contribution >= 0.6 is 0 Å². The summed E-state index contributed by atoms with van der Waals surface area (Å²) in [6.45, 7) is 4.94. The molecule has 1 aromatic rings. The minimum absolute atomic E-state index is 0.141. The summed E-state index contributed by atoms with van der Waals surface area (Å²) in [5.74, 6) is -0.0818. The largest absolute Gasteiger partial charge is 0.377 e. The quantitative estimate of drug-likeness (QED) is 0.886. The van der Waals surface area contributed by atoms with Crippen molar-refractivity contribution in [3.05, 3.63) is 30.1 Å². The zero-order valence-corrected chi connectivity index (χ0v) is 13.3. The first kappa shape index (κ1) is 16.2. The molecule has 2 fully saturated rings. The van der Waals surface area contributed by atoms with Crippen LogP contribution in [0.15, 0.2) is 24.3 Å². The van der Waals surface area contributed by atoms with Crippen LogP contribution in [0.5, 0.6) is 0 Å². The summed E-state index contributed by atoms with van der Waals surface area (Å²) in [6.07, 6.45) is 2.46. The predicted molar refractivity (Wildman–Crippen MR) is 87.0 cm³/mol. The summed E-state index contributed by atoms with van der Waals surface area (Å²) in [5, 5.41) is 3.20. The fourth-order valence-corrected chi connectivity index (χ4v) is 3.12. The molecule has 0 aliphatic carbocycles. The summed E-state index contributed by atoms with van der Waals surface area (Å²) in [6, 6.07) is 6.52. The Morgan fingerprint density at radius 2 is 1.96 bits per heavy atom. The van der Waals surface area contributed by atoms with Gasteiger partial charge in [0, 0.05) is 45.0 Å². The zero-order chi connectivity index (χ0) is 16.1. The molecule has 5 nitrogen and oxygen atoms in total. The smallest absolute Gasteiger partial charge is 0.236 e. The van der Waals surface area contributed by atoms with E-state index < -0.39 is 0 Å². The highest BCUT2D eigenvalue weighted by atomic mass is 19.1. The fourth-order valence-electron chi connectivity index (χ4n) is 3.12. The van der Waals surface area contributed by atoms with Gasteiger partial charge in [-0.05, 0) is 37.1 Å². The Hall–Kier alpha value is -1.66. The Bertz CT molecular complexity index is 509. The number of benzene rings is 1. The van der Waals surface area contributed by atoms with E-state index >= 15 is 0 Å². The Kier molecular flexibility index (Phi) is 5.46. The molecule has 0 saturated carbocycles. The molecular formula is C17H24FN3O2. The number of halogens is 1. The molecule has 0 spiro atoms. The third-order valence-electron chi connectivity index (χ3n) is 4.50. The average molecular weight is 321 g/mol. The van der Waals surface area contributed by atoms with E-state index in [0.717, 1.165) is 44.8 Å². The number of nitrogens with one attached hydrogen (secondary N) is 1. The van der Waals surface area contributed by atoms with E-state index in [1.165, 1.54) is 12.1 Å². The van der Waals surface area contributed by atoms with Gasteiger partial charge in [0.1, 0.15) is 5.82 Å². The lowest BCUT2D eigenvalue weighted by Gasteiger charge is -2.36. The van der Waals surface area contributed by atoms with Crippen molar-refractivity contribution in [2.75, 3.05) is 50.8 Å². The van der Waals surface area contributed by atoms with Gasteiger partial charge < -0.3 is 19.9 Å². The monoisotopic (exact) mass is 321 g/mol. The van der Waals surface area contributed by atoms with Gasteiger partial charge in [-0.15, -0.1) is 0 Å². The standard InChI is InChI=1S/C17H24FN3O2/c18-14-3-5-15(6-4-14)20-7-9-21(10-8-20)17(22)13-19-12-16-2-1-11-23-16/h3-6,16,19H,1-2,7-13H2. The molecule has 0 aromatic heterocycles. The second kappa shape index (κ2) is 7.75. The van der Waals surface area contributed by atoms with Crippen LogP contribution < -0.4 is 10.2 Å². The minimum Gasteiger partial charge on any atom is -0.377 e. The molecule has 1 atom stereocenters. The van der Waals surface area contributed by atoms with Crippen LogP contribution in [0.25, 0.3) is 0 Å². The van der Waals surface area contributed by atoms with Crippen molar-refractivity contribution in [1.82, 2.24) is 10.2 Å². The zero-order valence-electron chi connectivity index (χ0n) is 13.3. The Balaban J connectivity index is 1.39. The summed E-state index contributed by atoms with van der Waals surface area (Å²) in [4.78, 5) is 16.3. The lowest BCUT2D eigenvalue weighted by molar-refractivity contribution is -0.130. The molecule has 1 aromatic carbocycles. The van der Waals surface area contributed by atoms with Crippen LogP contribution in [0.1, 0.15) is 12.8 Å². The van der Waals surface area contributed by atoms with Gasteiger partial charge in [0.15, 0.2) is 0 Å². The van der Waals surface area contributed by atoms with Gasteiger partial charge in [0.2, 0.25) is 5.91 Å². The Labute approximate surface area is 136 Å². The number of carbonyl (C=O) groups excluding carboxylic acids is 1. The highest BCUT2D eigenvalue weighted by molar-refractivity contribution is 5.78. The molecular weight excluding hydrogens is 297 g/mol. The number of rotatable bonds is 5. The summed E-state index contributed by atoms with van der Waals surface area (Å²) in [5.41, 5.74) is 1.01. The number of ether oxygens (including phenoxy) is 1. The van der Waals surface area contributed by atoms with E-state index in [1.54, 1.807) is 12.1 Å². The topological polar surface area (TPSA) is 44.8 Å². The minimum atomic E-state index is -0.222. The van der Waals surface area contributed by atoms with Gasteiger partial charge in [0.05, 0.1) is 12.6 Å². The van der Waals surface area contributed by atoms with Gasteiger partial charge >= 0.3 is 0 Å². The second-order valence-electron chi connectivity index (χ2n) is 6.11. The maximum Gasteiger partial charge on any atom is 0.236 e. The maximum atomic E-state index is 13.0. The molecule has 1 unspecified atom stereocenters. The van der Waals surface area contributed by atoms with Gasteiger partial charge in [0.25, 0.3) is 0 Å². The highest BCUT2D eigenvalue weighted by Gasteiger charge is 2.21. The molecule has 0 radical (unpaired) electrons. The first-order valence-corrected chi connectivity index (χ1v) is 8.33. The number of anilines is 1. The molecule has 0 bridgehead atoms. The fraction of sp³-hybridized carbons (Fsp3) is 0.588. The third-order valence-corrected chi connectivity index (χ3v) is 4.50. The summed E-state index contributed by atoms with van der Waals surface area (Å²) < 4.78 is 18.5. The van der Waals surface area contributed by atoms with Crippen molar-refractivity contribution >= 4 is 11.6 Å². The molecule has 1 N–H and O–H groups in total. The van der Waals surface area contributed by atoms with E-state index in [4.69, 9.17) is 4.74 Å². The van der Waals surface area contributed by atoms with Crippen molar-refractivity contribution < 1.29 is 13.9 Å². The van der Waals surface area contributed by atoms with Crippen LogP contribution in [-0.2, 0) is 9.53 Å². The number of carbonyl (C=O) groups is 1. The lowest BCUT2D eigenvalue weighted by Crippen LogP contribution is -2.51. The number of hydrogen-bond donors (Lipinski definition) is 1. The lowest BCUT2D eigenvalue weighted by atomic mass is 10.2. The molecule has 2 heterocycles. The van der Waals surface area contributed by atoms with Crippen LogP contribution in [0.3, 0.4) is 0 Å². The molecule has 23 heavy (non-hydrogen) atoms. The normalized spacial score (nSPS) is 21.7. The van der Waals surface area contributed by atoms with Gasteiger partial charge in [-0.1, -0.05) is 0 Å². The molecule has 126 valence electrons. The van der Waals surface area contributed by atoms with E-state index in [2.05, 4.69) is 10.2 Å². The van der Waals surface area contributed by atoms with Crippen molar-refractivity contribution in [1.29, 1.82) is 0 Å². The molecule has 2 aliphatic rings. The molecule has 2 saturated heterocycles. The van der Waals surface area contributed by atoms with Gasteiger partial charge in [-0.3, -0.25) is 4.79 Å². The number of nitrogens with zero attached hydrogens (tertiary/aromatic N) is 2. The first-order valence-electron chi connectivity index (χ1n) is 8.33. The average Bonchev–Trinajstić information content (AvgIpc) is 3.09. The van der Waals surface area contributed by atoms with Crippen LogP contribution in [0, 0.1) is 5.82 Å². The van der Waals surface area contributed by atoms with Crippen molar-refractivity contribution in [3.8, 4) is 0 Å². The molecule has 2 aliphatic heterocycles. The summed E-state index contributed by atoms with van der Waals surface area (Å²) >= 11 is 0. The first-order chi connectivity index (χ1) is 11.2. The maximum absolute atomic E-state index is 13.0. The molecule has 1 amide bonds. The van der Waals surface area contributed by atoms with E-state index in [1.807, 2.05) is 4.90 Å². The van der Waals surface area contributed by atoms with Crippen molar-refractivity contribution in [2.45, 2.75) is 18.9 Å². The SMILES string of the molecule is O=C(CNCC1CCCO1)N1CCN(c2ccc(F)cc2)CC1. The second-order valence-corrected chi connectivity index (χ2v) is 6.11. The number of amides is 1. The third kappa shape index (κ3) is 4.42. The van der Waals surface area contributed by atoms with E-state index in [0.29, 0.717) is 19.6 Å². The Morgan fingerprint density at radius 1 is 1.22 bits per heavy atom. The highest BCUT2D eigenvalue weighted by Crippen LogP contribution is 2.17. The van der Waals surface area contributed by atoms with Gasteiger partial charge in [-0.2, -0.15) is 0 Å². The van der Waals surface area contributed by atoms with Crippen LogP contribution in [0.4, 0.5) is 10.1 Å². The van der Waals surface area contributed by atoms with Crippen LogP contribution in [0.2, 0.25) is 0 Å². The number of piperazine rings is 1. The Morgan fingerprint density at radius 3 is 2.61 bits per heavy atom. The molecule has 3 rings (SSSR count). The van der Waals surface area contributed by atoms with Crippen molar-refractivity contribution in [2.24, 2.45) is 0 Å². The van der Waals surface area contributed by atoms with Crippen molar-refractivity contribution in [3.63, 3.8) is 0 Å². The van der Waals surface area contributed by atoms with E-state index in [-0.39, 0.29) is 17.8 Å². The van der Waals surface area contributed by atoms with Crippen LogP contribution in [-0.4, -0.2) is 62.8 Å². The summed E-state index contributed by atoms with van der Waals surface area (Å²) in [7, 11) is 0. The predicted octanol–water partition coefficient (Wildman–Crippen LogP) is 1.24.